The minimum Gasteiger partial charge on any atom is -0.212 e. The summed E-state index contributed by atoms with van der Waals surface area (Å²) in [5.74, 6) is -4.32. The SMILES string of the molecule is CC(F)(F)C(C)(C)CS(=O)(=O)NCc1cccc(F)c1. The van der Waals surface area contributed by atoms with Crippen LogP contribution in [0.25, 0.3) is 0 Å². The molecule has 0 radical (unpaired) electrons. The third-order valence-electron chi connectivity index (χ3n) is 3.12. The molecule has 3 nitrogen and oxygen atoms in total. The second-order valence-electron chi connectivity index (χ2n) is 5.48. The largest absolute Gasteiger partial charge is 0.251 e. The van der Waals surface area contributed by atoms with Gasteiger partial charge in [-0.2, -0.15) is 0 Å². The Morgan fingerprint density at radius 2 is 1.80 bits per heavy atom. The summed E-state index contributed by atoms with van der Waals surface area (Å²) in [6, 6.07) is 5.41. The van der Waals surface area contributed by atoms with Crippen LogP contribution in [0.1, 0.15) is 26.3 Å². The van der Waals surface area contributed by atoms with E-state index in [1.54, 1.807) is 6.07 Å². The van der Waals surface area contributed by atoms with Crippen LogP contribution in [0.3, 0.4) is 0 Å². The maximum atomic E-state index is 13.3. The van der Waals surface area contributed by atoms with Crippen molar-refractivity contribution in [3.63, 3.8) is 0 Å². The summed E-state index contributed by atoms with van der Waals surface area (Å²) in [7, 11) is -3.89. The molecule has 0 heterocycles. The number of halogens is 3. The molecule has 20 heavy (non-hydrogen) atoms. The van der Waals surface area contributed by atoms with Gasteiger partial charge in [0.25, 0.3) is 5.92 Å². The Labute approximate surface area is 117 Å². The van der Waals surface area contributed by atoms with Crippen molar-refractivity contribution in [2.24, 2.45) is 5.41 Å². The zero-order chi connectivity index (χ0) is 15.6. The van der Waals surface area contributed by atoms with Crippen LogP contribution in [0.2, 0.25) is 0 Å². The lowest BCUT2D eigenvalue weighted by Gasteiger charge is -2.30. The van der Waals surface area contributed by atoms with Crippen molar-refractivity contribution in [2.45, 2.75) is 33.2 Å². The molecule has 1 aromatic carbocycles. The molecule has 0 saturated heterocycles. The normalized spacial score (nSPS) is 13.5. The van der Waals surface area contributed by atoms with Crippen LogP contribution in [0, 0.1) is 11.2 Å². The molecule has 0 spiro atoms. The van der Waals surface area contributed by atoms with Crippen LogP contribution in [0.4, 0.5) is 13.2 Å². The van der Waals surface area contributed by atoms with Gasteiger partial charge in [0.15, 0.2) is 0 Å². The van der Waals surface area contributed by atoms with E-state index in [9.17, 15) is 21.6 Å². The lowest BCUT2D eigenvalue weighted by atomic mass is 9.89. The molecule has 1 aromatic rings. The maximum absolute atomic E-state index is 13.3. The quantitative estimate of drug-likeness (QED) is 0.878. The highest BCUT2D eigenvalue weighted by atomic mass is 32.2. The molecule has 0 fully saturated rings. The number of hydrogen-bond donors (Lipinski definition) is 1. The van der Waals surface area contributed by atoms with Crippen molar-refractivity contribution in [1.82, 2.24) is 4.72 Å². The zero-order valence-electron chi connectivity index (χ0n) is 11.6. The lowest BCUT2D eigenvalue weighted by molar-refractivity contribution is -0.0768. The Hall–Kier alpha value is -1.08. The molecule has 0 unspecified atom stereocenters. The second kappa shape index (κ2) is 5.73. The van der Waals surface area contributed by atoms with Gasteiger partial charge in [-0.25, -0.2) is 26.3 Å². The van der Waals surface area contributed by atoms with Crippen LogP contribution < -0.4 is 4.72 Å². The summed E-state index contributed by atoms with van der Waals surface area (Å²) in [5, 5.41) is 0. The number of hydrogen-bond acceptors (Lipinski definition) is 2. The van der Waals surface area contributed by atoms with Gasteiger partial charge in [0.2, 0.25) is 10.0 Å². The van der Waals surface area contributed by atoms with Gasteiger partial charge in [0.1, 0.15) is 5.82 Å². The predicted molar refractivity (Wildman–Crippen MR) is 71.4 cm³/mol. The average Bonchev–Trinajstić information content (AvgIpc) is 2.24. The van der Waals surface area contributed by atoms with E-state index in [0.29, 0.717) is 12.5 Å². The van der Waals surface area contributed by atoms with E-state index in [4.69, 9.17) is 0 Å². The van der Waals surface area contributed by atoms with E-state index >= 15 is 0 Å². The van der Waals surface area contributed by atoms with Gasteiger partial charge < -0.3 is 0 Å². The van der Waals surface area contributed by atoms with Gasteiger partial charge in [-0.1, -0.05) is 26.0 Å². The van der Waals surface area contributed by atoms with Crippen molar-refractivity contribution in [2.75, 3.05) is 5.75 Å². The van der Waals surface area contributed by atoms with E-state index in [-0.39, 0.29) is 6.54 Å². The number of nitrogens with one attached hydrogen (secondary N) is 1. The van der Waals surface area contributed by atoms with Crippen molar-refractivity contribution < 1.29 is 21.6 Å². The molecule has 0 aliphatic heterocycles. The van der Waals surface area contributed by atoms with Crippen LogP contribution in [0.15, 0.2) is 24.3 Å². The summed E-state index contributed by atoms with van der Waals surface area (Å²) in [4.78, 5) is 0. The molecule has 0 aromatic heterocycles. The number of benzene rings is 1. The van der Waals surface area contributed by atoms with E-state index in [1.165, 1.54) is 32.0 Å². The molecular formula is C13H18F3NO2S. The Kier molecular flexibility index (Phi) is 4.86. The van der Waals surface area contributed by atoms with Crippen molar-refractivity contribution >= 4 is 10.0 Å². The third-order valence-corrected chi connectivity index (χ3v) is 4.81. The summed E-state index contributed by atoms with van der Waals surface area (Å²) in [6.07, 6.45) is 0. The standard InChI is InChI=1S/C13H18F3NO2S/c1-12(2,13(3,15)16)9-20(18,19)17-8-10-5-4-6-11(14)7-10/h4-7,17H,8-9H2,1-3H3. The Morgan fingerprint density at radius 3 is 2.30 bits per heavy atom. The van der Waals surface area contributed by atoms with Crippen molar-refractivity contribution in [3.05, 3.63) is 35.6 Å². The van der Waals surface area contributed by atoms with E-state index in [2.05, 4.69) is 4.72 Å². The van der Waals surface area contributed by atoms with E-state index in [1.807, 2.05) is 0 Å². The van der Waals surface area contributed by atoms with Crippen molar-refractivity contribution in [1.29, 1.82) is 0 Å². The topological polar surface area (TPSA) is 46.2 Å². The maximum Gasteiger partial charge on any atom is 0.251 e. The summed E-state index contributed by atoms with van der Waals surface area (Å²) >= 11 is 0. The van der Waals surface area contributed by atoms with Gasteiger partial charge >= 0.3 is 0 Å². The molecule has 114 valence electrons. The highest BCUT2D eigenvalue weighted by Gasteiger charge is 2.44. The van der Waals surface area contributed by atoms with Crippen LogP contribution in [0.5, 0.6) is 0 Å². The molecule has 0 bridgehead atoms. The van der Waals surface area contributed by atoms with Crippen molar-refractivity contribution in [3.8, 4) is 0 Å². The first kappa shape index (κ1) is 17.0. The summed E-state index contributed by atoms with van der Waals surface area (Å²) in [6.45, 7) is 2.93. The number of sulfonamides is 1. The minimum atomic E-state index is -3.89. The smallest absolute Gasteiger partial charge is 0.212 e. The van der Waals surface area contributed by atoms with Gasteiger partial charge in [-0.15, -0.1) is 0 Å². The molecule has 0 amide bonds. The first-order valence-electron chi connectivity index (χ1n) is 6.03. The Bertz CT molecular complexity index is 565. The number of alkyl halides is 2. The molecule has 7 heteroatoms. The Balaban J connectivity index is 2.72. The predicted octanol–water partition coefficient (Wildman–Crippen LogP) is 2.93. The van der Waals surface area contributed by atoms with Crippen LogP contribution in [-0.4, -0.2) is 20.1 Å². The third kappa shape index (κ3) is 4.79. The van der Waals surface area contributed by atoms with E-state index < -0.39 is 32.9 Å². The summed E-state index contributed by atoms with van der Waals surface area (Å²) < 4.78 is 65.4. The van der Waals surface area contributed by atoms with Gasteiger partial charge in [0, 0.05) is 12.0 Å². The molecule has 0 saturated carbocycles. The van der Waals surface area contributed by atoms with E-state index in [0.717, 1.165) is 0 Å². The van der Waals surface area contributed by atoms with Gasteiger partial charge in [0.05, 0.1) is 5.75 Å². The average molecular weight is 309 g/mol. The van der Waals surface area contributed by atoms with Crippen LogP contribution >= 0.6 is 0 Å². The van der Waals surface area contributed by atoms with Gasteiger partial charge in [-0.05, 0) is 24.6 Å². The first-order valence-corrected chi connectivity index (χ1v) is 7.68. The lowest BCUT2D eigenvalue weighted by Crippen LogP contribution is -2.42. The molecule has 1 rings (SSSR count). The van der Waals surface area contributed by atoms with Gasteiger partial charge in [-0.3, -0.25) is 0 Å². The molecule has 0 aliphatic carbocycles. The summed E-state index contributed by atoms with van der Waals surface area (Å²) in [5.41, 5.74) is -1.27. The highest BCUT2D eigenvalue weighted by Crippen LogP contribution is 2.36. The fraction of sp³-hybridized carbons (Fsp3) is 0.538. The van der Waals surface area contributed by atoms with Crippen LogP contribution in [-0.2, 0) is 16.6 Å². The monoisotopic (exact) mass is 309 g/mol. The molecule has 0 aliphatic rings. The first-order chi connectivity index (χ1) is 8.93. The molecule has 1 N–H and O–H groups in total. The fourth-order valence-electron chi connectivity index (χ4n) is 1.49. The fourth-order valence-corrected chi connectivity index (χ4v) is 3.19. The Morgan fingerprint density at radius 1 is 1.20 bits per heavy atom. The molecule has 0 atom stereocenters. The highest BCUT2D eigenvalue weighted by molar-refractivity contribution is 7.89. The molecular weight excluding hydrogens is 291 g/mol. The number of rotatable bonds is 6. The minimum absolute atomic E-state index is 0.133. The second-order valence-corrected chi connectivity index (χ2v) is 7.29. The zero-order valence-corrected chi connectivity index (χ0v) is 12.4.